The number of nitrogens with one attached hydrogen (secondary N) is 1. The highest BCUT2D eigenvalue weighted by Crippen LogP contribution is 2.15. The van der Waals surface area contributed by atoms with Crippen LogP contribution in [-0.4, -0.2) is 30.6 Å². The Balaban J connectivity index is 1.89. The molecule has 1 aliphatic rings. The quantitative estimate of drug-likeness (QED) is 0.817. The highest BCUT2D eigenvalue weighted by atomic mass is 16.2. The van der Waals surface area contributed by atoms with Crippen molar-refractivity contribution in [3.8, 4) is 0 Å². The number of hydrogen-bond donors (Lipinski definition) is 1. The molecule has 0 bridgehead atoms. The molecule has 0 fully saturated rings. The third kappa shape index (κ3) is 3.25. The molecule has 0 saturated carbocycles. The third-order valence-electron chi connectivity index (χ3n) is 3.51. The van der Waals surface area contributed by atoms with Gasteiger partial charge in [-0.25, -0.2) is 4.79 Å². The number of carbonyl (C=O) groups excluding carboxylic acids is 1. The largest absolute Gasteiger partial charge is 0.338 e. The Morgan fingerprint density at radius 3 is 2.39 bits per heavy atom. The van der Waals surface area contributed by atoms with Crippen LogP contribution in [0.25, 0.3) is 0 Å². The Hall–Kier alpha value is -1.51. The van der Waals surface area contributed by atoms with Crippen LogP contribution in [0.5, 0.6) is 0 Å². The molecule has 2 rings (SSSR count). The van der Waals surface area contributed by atoms with Crippen LogP contribution >= 0.6 is 0 Å². The third-order valence-corrected chi connectivity index (χ3v) is 3.51. The molecule has 2 amide bonds. The van der Waals surface area contributed by atoms with E-state index >= 15 is 0 Å². The molecule has 1 heterocycles. The molecule has 3 heteroatoms. The van der Waals surface area contributed by atoms with E-state index in [-0.39, 0.29) is 6.03 Å². The van der Waals surface area contributed by atoms with Crippen LogP contribution in [0.3, 0.4) is 0 Å². The maximum absolute atomic E-state index is 12.0. The topological polar surface area (TPSA) is 32.3 Å². The average Bonchev–Trinajstić information content (AvgIpc) is 2.61. The monoisotopic (exact) mass is 246 g/mol. The Morgan fingerprint density at radius 2 is 1.83 bits per heavy atom. The second-order valence-electron chi connectivity index (χ2n) is 4.84. The summed E-state index contributed by atoms with van der Waals surface area (Å²) >= 11 is 0. The van der Waals surface area contributed by atoms with Crippen molar-refractivity contribution in [2.24, 2.45) is 0 Å². The first-order valence-electron chi connectivity index (χ1n) is 6.91. The van der Waals surface area contributed by atoms with Crippen LogP contribution in [0.2, 0.25) is 0 Å². The van der Waals surface area contributed by atoms with Gasteiger partial charge in [0.1, 0.15) is 0 Å². The SMILES string of the molecule is CCCCNC(=O)N1CCc2ccccc2CC1. The molecule has 1 N–H and O–H groups in total. The lowest BCUT2D eigenvalue weighted by Gasteiger charge is -2.20. The molecule has 98 valence electrons. The standard InChI is InChI=1S/C15H22N2O/c1-2-3-10-16-15(18)17-11-8-13-6-4-5-7-14(13)9-12-17/h4-7H,2-3,8-12H2,1H3,(H,16,18). The van der Waals surface area contributed by atoms with Crippen LogP contribution < -0.4 is 5.32 Å². The van der Waals surface area contributed by atoms with Gasteiger partial charge in [-0.2, -0.15) is 0 Å². The van der Waals surface area contributed by atoms with Gasteiger partial charge in [0.25, 0.3) is 0 Å². The van der Waals surface area contributed by atoms with Gasteiger partial charge in [-0.3, -0.25) is 0 Å². The maximum atomic E-state index is 12.0. The predicted octanol–water partition coefficient (Wildman–Crippen LogP) is 2.60. The van der Waals surface area contributed by atoms with E-state index < -0.39 is 0 Å². The number of hydrogen-bond acceptors (Lipinski definition) is 1. The zero-order chi connectivity index (χ0) is 12.8. The fraction of sp³-hybridized carbons (Fsp3) is 0.533. The molecule has 0 saturated heterocycles. The predicted molar refractivity (Wildman–Crippen MR) is 73.7 cm³/mol. The van der Waals surface area contributed by atoms with Crippen LogP contribution in [0.1, 0.15) is 30.9 Å². The molecule has 0 spiro atoms. The van der Waals surface area contributed by atoms with Crippen LogP contribution in [0.4, 0.5) is 4.79 Å². The smallest absolute Gasteiger partial charge is 0.317 e. The summed E-state index contributed by atoms with van der Waals surface area (Å²) in [5, 5.41) is 2.99. The lowest BCUT2D eigenvalue weighted by atomic mass is 10.0. The number of carbonyl (C=O) groups is 1. The molecule has 18 heavy (non-hydrogen) atoms. The van der Waals surface area contributed by atoms with Crippen LogP contribution in [-0.2, 0) is 12.8 Å². The number of nitrogens with zero attached hydrogens (tertiary/aromatic N) is 1. The van der Waals surface area contributed by atoms with Gasteiger partial charge in [-0.1, -0.05) is 37.6 Å². The van der Waals surface area contributed by atoms with E-state index in [0.29, 0.717) is 0 Å². The van der Waals surface area contributed by atoms with Gasteiger partial charge in [0.05, 0.1) is 0 Å². The summed E-state index contributed by atoms with van der Waals surface area (Å²) in [5.41, 5.74) is 2.78. The van der Waals surface area contributed by atoms with Gasteiger partial charge in [-0.05, 0) is 30.4 Å². The lowest BCUT2D eigenvalue weighted by Crippen LogP contribution is -2.41. The number of benzene rings is 1. The maximum Gasteiger partial charge on any atom is 0.317 e. The van der Waals surface area contributed by atoms with E-state index in [9.17, 15) is 4.79 Å². The highest BCUT2D eigenvalue weighted by Gasteiger charge is 2.17. The van der Waals surface area contributed by atoms with Crippen molar-refractivity contribution >= 4 is 6.03 Å². The van der Waals surface area contributed by atoms with E-state index in [4.69, 9.17) is 0 Å². The second kappa shape index (κ2) is 6.43. The zero-order valence-corrected chi connectivity index (χ0v) is 11.1. The second-order valence-corrected chi connectivity index (χ2v) is 4.84. The Labute approximate surface area is 109 Å². The number of amides is 2. The number of fused-ring (bicyclic) bond motifs is 1. The van der Waals surface area contributed by atoms with E-state index in [1.807, 2.05) is 4.90 Å². The minimum absolute atomic E-state index is 0.0938. The van der Waals surface area contributed by atoms with E-state index in [2.05, 4.69) is 36.5 Å². The molecule has 1 aromatic carbocycles. The lowest BCUT2D eigenvalue weighted by molar-refractivity contribution is 0.200. The van der Waals surface area contributed by atoms with Gasteiger partial charge in [0, 0.05) is 19.6 Å². The molecule has 3 nitrogen and oxygen atoms in total. The summed E-state index contributed by atoms with van der Waals surface area (Å²) in [6.45, 7) is 4.58. The van der Waals surface area contributed by atoms with Crippen molar-refractivity contribution in [2.75, 3.05) is 19.6 Å². The molecular weight excluding hydrogens is 224 g/mol. The molecular formula is C15H22N2O. The number of rotatable bonds is 3. The average molecular weight is 246 g/mol. The van der Waals surface area contributed by atoms with Crippen molar-refractivity contribution < 1.29 is 4.79 Å². The van der Waals surface area contributed by atoms with Crippen molar-refractivity contribution in [3.63, 3.8) is 0 Å². The fourth-order valence-corrected chi connectivity index (χ4v) is 2.35. The summed E-state index contributed by atoms with van der Waals surface area (Å²) in [5.74, 6) is 0. The van der Waals surface area contributed by atoms with Gasteiger partial charge in [0.15, 0.2) is 0 Å². The van der Waals surface area contributed by atoms with E-state index in [1.165, 1.54) is 11.1 Å². The van der Waals surface area contributed by atoms with Crippen molar-refractivity contribution in [1.29, 1.82) is 0 Å². The molecule has 0 aromatic heterocycles. The summed E-state index contributed by atoms with van der Waals surface area (Å²) in [6, 6.07) is 8.60. The molecule has 1 aromatic rings. The van der Waals surface area contributed by atoms with Crippen molar-refractivity contribution in [3.05, 3.63) is 35.4 Å². The Bertz CT molecular complexity index is 376. The van der Waals surface area contributed by atoms with Crippen LogP contribution in [0, 0.1) is 0 Å². The number of unbranched alkanes of at least 4 members (excludes halogenated alkanes) is 1. The first-order chi connectivity index (χ1) is 8.81. The van der Waals surface area contributed by atoms with Gasteiger partial charge in [-0.15, -0.1) is 0 Å². The molecule has 0 unspecified atom stereocenters. The van der Waals surface area contributed by atoms with Crippen molar-refractivity contribution in [1.82, 2.24) is 10.2 Å². The van der Waals surface area contributed by atoms with E-state index in [1.54, 1.807) is 0 Å². The number of urea groups is 1. The molecule has 0 atom stereocenters. The molecule has 0 aliphatic carbocycles. The normalized spacial score (nSPS) is 14.8. The van der Waals surface area contributed by atoms with Gasteiger partial charge < -0.3 is 10.2 Å². The Kier molecular flexibility index (Phi) is 4.62. The fourth-order valence-electron chi connectivity index (χ4n) is 2.35. The minimum atomic E-state index is 0.0938. The summed E-state index contributed by atoms with van der Waals surface area (Å²) in [4.78, 5) is 13.9. The van der Waals surface area contributed by atoms with Gasteiger partial charge in [0.2, 0.25) is 0 Å². The summed E-state index contributed by atoms with van der Waals surface area (Å²) < 4.78 is 0. The first kappa shape index (κ1) is 12.9. The zero-order valence-electron chi connectivity index (χ0n) is 11.1. The van der Waals surface area contributed by atoms with Gasteiger partial charge >= 0.3 is 6.03 Å². The molecule has 0 radical (unpaired) electrons. The Morgan fingerprint density at radius 1 is 1.22 bits per heavy atom. The molecule has 1 aliphatic heterocycles. The summed E-state index contributed by atoms with van der Waals surface area (Å²) in [6.07, 6.45) is 4.11. The minimum Gasteiger partial charge on any atom is -0.338 e. The highest BCUT2D eigenvalue weighted by molar-refractivity contribution is 5.74. The summed E-state index contributed by atoms with van der Waals surface area (Å²) in [7, 11) is 0. The first-order valence-corrected chi connectivity index (χ1v) is 6.91. The van der Waals surface area contributed by atoms with Crippen molar-refractivity contribution in [2.45, 2.75) is 32.6 Å². The van der Waals surface area contributed by atoms with Crippen LogP contribution in [0.15, 0.2) is 24.3 Å². The van der Waals surface area contributed by atoms with E-state index in [0.717, 1.165) is 45.3 Å².